The average molecular weight is 387 g/mol. The van der Waals surface area contributed by atoms with E-state index in [2.05, 4.69) is 10.6 Å². The van der Waals surface area contributed by atoms with Crippen LogP contribution >= 0.6 is 11.6 Å². The number of anilines is 2. The van der Waals surface area contributed by atoms with Crippen LogP contribution in [0.5, 0.6) is 0 Å². The van der Waals surface area contributed by atoms with Crippen molar-refractivity contribution in [2.45, 2.75) is 20.0 Å². The number of hydrogen-bond acceptors (Lipinski definition) is 4. The molecule has 0 saturated heterocycles. The van der Waals surface area contributed by atoms with Gasteiger partial charge in [-0.15, -0.1) is 0 Å². The van der Waals surface area contributed by atoms with Crippen LogP contribution in [-0.2, 0) is 19.1 Å². The predicted octanol–water partition coefficient (Wildman–Crippen LogP) is 3.88. The summed E-state index contributed by atoms with van der Waals surface area (Å²) in [5, 5.41) is 5.77. The Morgan fingerprint density at radius 3 is 2.19 bits per heavy atom. The second-order valence-corrected chi connectivity index (χ2v) is 6.09. The first kappa shape index (κ1) is 20.2. The highest BCUT2D eigenvalue weighted by atomic mass is 35.5. The smallest absolute Gasteiger partial charge is 0.331 e. The normalized spacial score (nSPS) is 11.7. The van der Waals surface area contributed by atoms with Crippen LogP contribution in [0.3, 0.4) is 0 Å². The van der Waals surface area contributed by atoms with Crippen LogP contribution in [0, 0.1) is 0 Å². The summed E-state index contributed by atoms with van der Waals surface area (Å²) in [4.78, 5) is 35.0. The summed E-state index contributed by atoms with van der Waals surface area (Å²) in [5.41, 5.74) is 1.81. The van der Waals surface area contributed by atoms with Crippen molar-refractivity contribution in [2.24, 2.45) is 0 Å². The Morgan fingerprint density at radius 1 is 1.00 bits per heavy atom. The molecule has 0 radical (unpaired) electrons. The maximum absolute atomic E-state index is 12.1. The SMILES string of the molecule is CC(=O)Nc1ccc(NC(=O)[C@H](C)OC(=O)C=Cc2ccccc2Cl)cc1. The van der Waals surface area contributed by atoms with Gasteiger partial charge in [0, 0.05) is 29.4 Å². The number of hydrogen-bond donors (Lipinski definition) is 2. The van der Waals surface area contributed by atoms with Crippen LogP contribution in [0.1, 0.15) is 19.4 Å². The van der Waals surface area contributed by atoms with Crippen molar-refractivity contribution in [1.29, 1.82) is 0 Å². The fourth-order valence-electron chi connectivity index (χ4n) is 2.12. The molecule has 2 aromatic carbocycles. The third-order valence-corrected chi connectivity index (χ3v) is 3.78. The van der Waals surface area contributed by atoms with Gasteiger partial charge in [-0.3, -0.25) is 9.59 Å². The van der Waals surface area contributed by atoms with E-state index in [0.717, 1.165) is 0 Å². The average Bonchev–Trinajstić information content (AvgIpc) is 2.62. The fourth-order valence-corrected chi connectivity index (χ4v) is 2.32. The van der Waals surface area contributed by atoms with E-state index >= 15 is 0 Å². The molecule has 0 bridgehead atoms. The molecule has 0 aliphatic heterocycles. The third-order valence-electron chi connectivity index (χ3n) is 3.44. The molecule has 6 nitrogen and oxygen atoms in total. The summed E-state index contributed by atoms with van der Waals surface area (Å²) >= 11 is 6.00. The first-order valence-electron chi connectivity index (χ1n) is 8.17. The summed E-state index contributed by atoms with van der Waals surface area (Å²) < 4.78 is 5.08. The van der Waals surface area contributed by atoms with E-state index in [1.807, 2.05) is 0 Å². The van der Waals surface area contributed by atoms with Crippen molar-refractivity contribution in [3.8, 4) is 0 Å². The summed E-state index contributed by atoms with van der Waals surface area (Å²) in [5.74, 6) is -1.31. The van der Waals surface area contributed by atoms with Gasteiger partial charge in [0.25, 0.3) is 5.91 Å². The van der Waals surface area contributed by atoms with Crippen LogP contribution < -0.4 is 10.6 Å². The summed E-state index contributed by atoms with van der Waals surface area (Å²) in [7, 11) is 0. The Morgan fingerprint density at radius 2 is 1.59 bits per heavy atom. The molecular formula is C20H19ClN2O4. The van der Waals surface area contributed by atoms with E-state index in [1.165, 1.54) is 26.0 Å². The molecule has 27 heavy (non-hydrogen) atoms. The lowest BCUT2D eigenvalue weighted by molar-refractivity contribution is -0.148. The summed E-state index contributed by atoms with van der Waals surface area (Å²) in [6.45, 7) is 2.88. The molecular weight excluding hydrogens is 368 g/mol. The van der Waals surface area contributed by atoms with Gasteiger partial charge in [0.15, 0.2) is 6.10 Å². The number of carbonyl (C=O) groups excluding carboxylic acids is 3. The number of ether oxygens (including phenoxy) is 1. The number of benzene rings is 2. The molecule has 2 aromatic rings. The first-order chi connectivity index (χ1) is 12.8. The van der Waals surface area contributed by atoms with E-state index in [9.17, 15) is 14.4 Å². The quantitative estimate of drug-likeness (QED) is 0.582. The maximum atomic E-state index is 12.1. The Hall–Kier alpha value is -3.12. The molecule has 0 spiro atoms. The lowest BCUT2D eigenvalue weighted by Gasteiger charge is -2.12. The maximum Gasteiger partial charge on any atom is 0.331 e. The zero-order valence-corrected chi connectivity index (χ0v) is 15.6. The molecule has 0 aromatic heterocycles. The van der Waals surface area contributed by atoms with Crippen LogP contribution in [0.2, 0.25) is 5.02 Å². The Labute approximate surface area is 162 Å². The molecule has 1 atom stereocenters. The minimum absolute atomic E-state index is 0.183. The predicted molar refractivity (Wildman–Crippen MR) is 105 cm³/mol. The minimum Gasteiger partial charge on any atom is -0.449 e. The second kappa shape index (κ2) is 9.54. The number of esters is 1. The number of nitrogens with one attached hydrogen (secondary N) is 2. The van der Waals surface area contributed by atoms with E-state index in [-0.39, 0.29) is 5.91 Å². The van der Waals surface area contributed by atoms with Gasteiger partial charge in [0.2, 0.25) is 5.91 Å². The monoisotopic (exact) mass is 386 g/mol. The van der Waals surface area contributed by atoms with E-state index in [4.69, 9.17) is 16.3 Å². The summed E-state index contributed by atoms with van der Waals surface area (Å²) in [6.07, 6.45) is 1.76. The van der Waals surface area contributed by atoms with Crippen molar-refractivity contribution < 1.29 is 19.1 Å². The highest BCUT2D eigenvalue weighted by Gasteiger charge is 2.16. The number of amides is 2. The van der Waals surface area contributed by atoms with Crippen molar-refractivity contribution in [1.82, 2.24) is 0 Å². The molecule has 140 valence electrons. The van der Waals surface area contributed by atoms with E-state index in [0.29, 0.717) is 22.0 Å². The van der Waals surface area contributed by atoms with Gasteiger partial charge >= 0.3 is 5.97 Å². The fraction of sp³-hybridized carbons (Fsp3) is 0.150. The zero-order valence-electron chi connectivity index (χ0n) is 14.9. The standard InChI is InChI=1S/C20H19ClN2O4/c1-13(27-19(25)12-7-15-5-3-4-6-18(15)21)20(26)23-17-10-8-16(9-11-17)22-14(2)24/h3-13H,1-2H3,(H,22,24)(H,23,26)/t13-/m0/s1. The third kappa shape index (κ3) is 6.60. The number of rotatable bonds is 6. The molecule has 0 saturated carbocycles. The number of carbonyl (C=O) groups is 3. The van der Waals surface area contributed by atoms with Gasteiger partial charge in [0.1, 0.15) is 0 Å². The highest BCUT2D eigenvalue weighted by molar-refractivity contribution is 6.32. The van der Waals surface area contributed by atoms with Crippen LogP contribution in [0.25, 0.3) is 6.08 Å². The van der Waals surface area contributed by atoms with Crippen LogP contribution in [-0.4, -0.2) is 23.9 Å². The first-order valence-corrected chi connectivity index (χ1v) is 8.54. The second-order valence-electron chi connectivity index (χ2n) is 5.68. The Kier molecular flexibility index (Phi) is 7.14. The molecule has 0 unspecified atom stereocenters. The largest absolute Gasteiger partial charge is 0.449 e. The Bertz CT molecular complexity index is 863. The van der Waals surface area contributed by atoms with Gasteiger partial charge < -0.3 is 15.4 Å². The molecule has 7 heteroatoms. The molecule has 2 N–H and O–H groups in total. The zero-order chi connectivity index (χ0) is 19.8. The van der Waals surface area contributed by atoms with Crippen LogP contribution in [0.4, 0.5) is 11.4 Å². The Balaban J connectivity index is 1.88. The molecule has 2 amide bonds. The van der Waals surface area contributed by atoms with E-state index in [1.54, 1.807) is 48.5 Å². The summed E-state index contributed by atoms with van der Waals surface area (Å²) in [6, 6.07) is 13.6. The van der Waals surface area contributed by atoms with Crippen molar-refractivity contribution in [2.75, 3.05) is 10.6 Å². The number of halogens is 1. The topological polar surface area (TPSA) is 84.5 Å². The van der Waals surface area contributed by atoms with Crippen molar-refractivity contribution >= 4 is 46.8 Å². The highest BCUT2D eigenvalue weighted by Crippen LogP contribution is 2.17. The lowest BCUT2D eigenvalue weighted by Crippen LogP contribution is -2.29. The van der Waals surface area contributed by atoms with Gasteiger partial charge in [-0.05, 0) is 48.9 Å². The molecule has 0 fully saturated rings. The minimum atomic E-state index is -0.983. The molecule has 0 aliphatic carbocycles. The van der Waals surface area contributed by atoms with Crippen LogP contribution in [0.15, 0.2) is 54.6 Å². The lowest BCUT2D eigenvalue weighted by atomic mass is 10.2. The molecule has 0 aliphatic rings. The van der Waals surface area contributed by atoms with Crippen molar-refractivity contribution in [3.05, 3.63) is 65.2 Å². The van der Waals surface area contributed by atoms with Gasteiger partial charge in [-0.2, -0.15) is 0 Å². The molecule has 2 rings (SSSR count). The van der Waals surface area contributed by atoms with Gasteiger partial charge in [-0.1, -0.05) is 29.8 Å². The van der Waals surface area contributed by atoms with Gasteiger partial charge in [0.05, 0.1) is 0 Å². The molecule has 0 heterocycles. The van der Waals surface area contributed by atoms with Gasteiger partial charge in [-0.25, -0.2) is 4.79 Å². The van der Waals surface area contributed by atoms with Crippen molar-refractivity contribution in [3.63, 3.8) is 0 Å². The van der Waals surface area contributed by atoms with E-state index < -0.39 is 18.0 Å².